The topological polar surface area (TPSA) is 62.8 Å². The molecule has 0 aliphatic carbocycles. The van der Waals surface area contributed by atoms with Crippen LogP contribution in [-0.2, 0) is 4.79 Å². The number of ether oxygens (including phenoxy) is 2. The summed E-state index contributed by atoms with van der Waals surface area (Å²) in [6.07, 6.45) is 2.51. The number of anilines is 3. The van der Waals surface area contributed by atoms with Crippen LogP contribution in [0.2, 0.25) is 0 Å². The molecule has 1 fully saturated rings. The molecule has 4 rings (SSSR count). The number of benzene rings is 2. The van der Waals surface area contributed by atoms with E-state index in [0.717, 1.165) is 30.2 Å². The fourth-order valence-electron chi connectivity index (χ4n) is 3.12. The number of nitrogens with zero attached hydrogens (tertiary/aromatic N) is 1. The Labute approximate surface area is 146 Å². The Morgan fingerprint density at radius 2 is 1.68 bits per heavy atom. The van der Waals surface area contributed by atoms with Crippen LogP contribution in [0.4, 0.5) is 17.1 Å². The van der Waals surface area contributed by atoms with Gasteiger partial charge in [-0.2, -0.15) is 0 Å². The number of carbonyl (C=O) groups excluding carboxylic acids is 1. The number of carbonyl (C=O) groups is 1. The molecule has 0 spiro atoms. The lowest BCUT2D eigenvalue weighted by molar-refractivity contribution is -0.114. The normalized spacial score (nSPS) is 15.3. The van der Waals surface area contributed by atoms with Crippen molar-refractivity contribution in [1.82, 2.24) is 0 Å². The van der Waals surface area contributed by atoms with Crippen molar-refractivity contribution >= 4 is 23.0 Å². The first-order valence-electron chi connectivity index (χ1n) is 8.56. The third-order valence-electron chi connectivity index (χ3n) is 4.45. The molecule has 2 heterocycles. The number of amides is 1. The molecule has 2 aliphatic rings. The van der Waals surface area contributed by atoms with E-state index in [1.165, 1.54) is 18.5 Å². The van der Waals surface area contributed by atoms with Crippen LogP contribution in [0.1, 0.15) is 12.8 Å². The first-order chi connectivity index (χ1) is 12.3. The highest BCUT2D eigenvalue weighted by molar-refractivity contribution is 5.94. The SMILES string of the molecule is O=C(CNc1ccc2c(c1)OCO2)Nc1ccc(N2CCCC2)cc1. The summed E-state index contributed by atoms with van der Waals surface area (Å²) in [4.78, 5) is 14.5. The van der Waals surface area contributed by atoms with Crippen LogP contribution in [0.3, 0.4) is 0 Å². The van der Waals surface area contributed by atoms with Gasteiger partial charge in [-0.3, -0.25) is 4.79 Å². The molecule has 0 radical (unpaired) electrons. The van der Waals surface area contributed by atoms with Crippen LogP contribution >= 0.6 is 0 Å². The molecule has 0 unspecified atom stereocenters. The molecular formula is C19H21N3O3. The number of hydrogen-bond acceptors (Lipinski definition) is 5. The van der Waals surface area contributed by atoms with Crippen LogP contribution in [-0.4, -0.2) is 32.3 Å². The Balaban J connectivity index is 1.30. The summed E-state index contributed by atoms with van der Waals surface area (Å²) < 4.78 is 10.6. The average Bonchev–Trinajstić information content (AvgIpc) is 3.32. The lowest BCUT2D eigenvalue weighted by atomic mass is 10.2. The standard InChI is InChI=1S/C19H21N3O3/c23-19(12-20-15-5-8-17-18(11-15)25-13-24-17)21-14-3-6-16(7-4-14)22-9-1-2-10-22/h3-8,11,20H,1-2,9-10,12-13H2,(H,21,23). The molecule has 0 atom stereocenters. The Bertz CT molecular complexity index is 755. The summed E-state index contributed by atoms with van der Waals surface area (Å²) in [5, 5.41) is 6.00. The maximum absolute atomic E-state index is 12.1. The van der Waals surface area contributed by atoms with Gasteiger partial charge in [0, 0.05) is 36.2 Å². The zero-order valence-corrected chi connectivity index (χ0v) is 14.0. The predicted octanol–water partition coefficient (Wildman–Crippen LogP) is 3.07. The van der Waals surface area contributed by atoms with Crippen molar-refractivity contribution in [3.63, 3.8) is 0 Å². The molecule has 1 amide bonds. The van der Waals surface area contributed by atoms with Crippen LogP contribution in [0.15, 0.2) is 42.5 Å². The third kappa shape index (κ3) is 3.63. The minimum Gasteiger partial charge on any atom is -0.454 e. The van der Waals surface area contributed by atoms with Gasteiger partial charge in [0.25, 0.3) is 0 Å². The van der Waals surface area contributed by atoms with Gasteiger partial charge < -0.3 is 25.0 Å². The van der Waals surface area contributed by atoms with Crippen LogP contribution < -0.4 is 25.0 Å². The fourth-order valence-corrected chi connectivity index (χ4v) is 3.12. The van der Waals surface area contributed by atoms with Crippen LogP contribution in [0.25, 0.3) is 0 Å². The van der Waals surface area contributed by atoms with E-state index in [1.54, 1.807) is 0 Å². The minimum absolute atomic E-state index is 0.0911. The number of fused-ring (bicyclic) bond motifs is 1. The molecule has 0 aromatic heterocycles. The molecule has 2 N–H and O–H groups in total. The molecular weight excluding hydrogens is 318 g/mol. The van der Waals surface area contributed by atoms with E-state index in [-0.39, 0.29) is 19.2 Å². The Morgan fingerprint density at radius 3 is 2.48 bits per heavy atom. The summed E-state index contributed by atoms with van der Waals surface area (Å²) in [5.41, 5.74) is 2.85. The van der Waals surface area contributed by atoms with Gasteiger partial charge in [-0.25, -0.2) is 0 Å². The van der Waals surface area contributed by atoms with E-state index >= 15 is 0 Å². The predicted molar refractivity (Wildman–Crippen MR) is 97.6 cm³/mol. The van der Waals surface area contributed by atoms with Crippen molar-refractivity contribution in [2.24, 2.45) is 0 Å². The first-order valence-corrected chi connectivity index (χ1v) is 8.56. The van der Waals surface area contributed by atoms with E-state index in [4.69, 9.17) is 9.47 Å². The second-order valence-corrected chi connectivity index (χ2v) is 6.21. The summed E-state index contributed by atoms with van der Waals surface area (Å²) in [6, 6.07) is 13.6. The van der Waals surface area contributed by atoms with E-state index in [1.807, 2.05) is 30.3 Å². The summed E-state index contributed by atoms with van der Waals surface area (Å²) in [6.45, 7) is 2.66. The Morgan fingerprint density at radius 1 is 0.960 bits per heavy atom. The minimum atomic E-state index is -0.0911. The highest BCUT2D eigenvalue weighted by atomic mass is 16.7. The van der Waals surface area contributed by atoms with E-state index in [2.05, 4.69) is 27.7 Å². The highest BCUT2D eigenvalue weighted by Crippen LogP contribution is 2.34. The van der Waals surface area contributed by atoms with Crippen LogP contribution in [0.5, 0.6) is 11.5 Å². The first kappa shape index (κ1) is 15.6. The Hall–Kier alpha value is -2.89. The molecule has 2 aromatic rings. The van der Waals surface area contributed by atoms with Crippen molar-refractivity contribution in [2.75, 3.05) is 42.0 Å². The highest BCUT2D eigenvalue weighted by Gasteiger charge is 2.14. The number of nitrogens with one attached hydrogen (secondary N) is 2. The van der Waals surface area contributed by atoms with Crippen molar-refractivity contribution in [3.8, 4) is 11.5 Å². The van der Waals surface area contributed by atoms with Gasteiger partial charge in [-0.15, -0.1) is 0 Å². The lowest BCUT2D eigenvalue weighted by Gasteiger charge is -2.17. The van der Waals surface area contributed by atoms with E-state index in [9.17, 15) is 4.79 Å². The quantitative estimate of drug-likeness (QED) is 0.877. The molecule has 1 saturated heterocycles. The monoisotopic (exact) mass is 339 g/mol. The number of rotatable bonds is 5. The maximum Gasteiger partial charge on any atom is 0.243 e. The van der Waals surface area contributed by atoms with Gasteiger partial charge in [0.15, 0.2) is 11.5 Å². The van der Waals surface area contributed by atoms with Gasteiger partial charge in [0.05, 0.1) is 6.54 Å². The smallest absolute Gasteiger partial charge is 0.243 e. The molecule has 0 saturated carbocycles. The zero-order valence-electron chi connectivity index (χ0n) is 14.0. The number of hydrogen-bond donors (Lipinski definition) is 2. The summed E-state index contributed by atoms with van der Waals surface area (Å²) in [7, 11) is 0. The van der Waals surface area contributed by atoms with Crippen molar-refractivity contribution in [3.05, 3.63) is 42.5 Å². The fraction of sp³-hybridized carbons (Fsp3) is 0.316. The lowest BCUT2D eigenvalue weighted by Crippen LogP contribution is -2.22. The summed E-state index contributed by atoms with van der Waals surface area (Å²) in [5.74, 6) is 1.34. The van der Waals surface area contributed by atoms with Gasteiger partial charge in [0.1, 0.15) is 0 Å². The van der Waals surface area contributed by atoms with Gasteiger partial charge in [-0.1, -0.05) is 0 Å². The molecule has 0 bridgehead atoms. The Kier molecular flexibility index (Phi) is 4.33. The van der Waals surface area contributed by atoms with E-state index in [0.29, 0.717) is 5.75 Å². The van der Waals surface area contributed by atoms with Gasteiger partial charge in [-0.05, 0) is 49.2 Å². The second-order valence-electron chi connectivity index (χ2n) is 6.21. The third-order valence-corrected chi connectivity index (χ3v) is 4.45. The molecule has 2 aliphatic heterocycles. The van der Waals surface area contributed by atoms with E-state index < -0.39 is 0 Å². The summed E-state index contributed by atoms with van der Waals surface area (Å²) >= 11 is 0. The van der Waals surface area contributed by atoms with Crippen molar-refractivity contribution < 1.29 is 14.3 Å². The largest absolute Gasteiger partial charge is 0.454 e. The van der Waals surface area contributed by atoms with Crippen molar-refractivity contribution in [1.29, 1.82) is 0 Å². The molecule has 2 aromatic carbocycles. The maximum atomic E-state index is 12.1. The average molecular weight is 339 g/mol. The zero-order chi connectivity index (χ0) is 17.1. The molecule has 25 heavy (non-hydrogen) atoms. The van der Waals surface area contributed by atoms with Gasteiger partial charge in [0.2, 0.25) is 12.7 Å². The van der Waals surface area contributed by atoms with Gasteiger partial charge >= 0.3 is 0 Å². The molecule has 130 valence electrons. The van der Waals surface area contributed by atoms with Crippen molar-refractivity contribution in [2.45, 2.75) is 12.8 Å². The second kappa shape index (κ2) is 6.93. The van der Waals surface area contributed by atoms with Crippen LogP contribution in [0, 0.1) is 0 Å². The molecule has 6 nitrogen and oxygen atoms in total. The molecule has 6 heteroatoms.